The van der Waals surface area contributed by atoms with Crippen molar-refractivity contribution in [2.75, 3.05) is 6.61 Å². The third-order valence-electron chi connectivity index (χ3n) is 3.13. The first kappa shape index (κ1) is 12.4. The number of benzene rings is 1. The van der Waals surface area contributed by atoms with E-state index < -0.39 is 0 Å². The number of hydrogen-bond acceptors (Lipinski definition) is 1. The van der Waals surface area contributed by atoms with Gasteiger partial charge in [-0.05, 0) is 43.9 Å². The molecule has 1 fully saturated rings. The van der Waals surface area contributed by atoms with Crippen molar-refractivity contribution in [1.29, 1.82) is 0 Å². The standard InChI is InChI=1S/C13H16Br2O/c1-2-16-12-7-6-10(14)8-11(12)13(15)9-4-3-5-9/h6-9,13H,2-5H2,1H3. The van der Waals surface area contributed by atoms with Crippen LogP contribution in [-0.4, -0.2) is 6.61 Å². The lowest BCUT2D eigenvalue weighted by Crippen LogP contribution is -2.17. The molecule has 1 unspecified atom stereocenters. The molecule has 0 spiro atoms. The molecule has 0 N–H and O–H groups in total. The Kier molecular flexibility index (Phi) is 4.31. The molecule has 1 atom stereocenters. The lowest BCUT2D eigenvalue weighted by atomic mass is 9.80. The molecule has 1 aromatic carbocycles. The molecule has 3 heteroatoms. The van der Waals surface area contributed by atoms with E-state index in [4.69, 9.17) is 4.74 Å². The molecule has 88 valence electrons. The molecule has 1 saturated carbocycles. The van der Waals surface area contributed by atoms with Gasteiger partial charge in [0.25, 0.3) is 0 Å². The smallest absolute Gasteiger partial charge is 0.123 e. The fourth-order valence-electron chi connectivity index (χ4n) is 2.01. The van der Waals surface area contributed by atoms with E-state index >= 15 is 0 Å². The first-order valence-corrected chi connectivity index (χ1v) is 7.49. The highest BCUT2D eigenvalue weighted by Crippen LogP contribution is 2.46. The van der Waals surface area contributed by atoms with E-state index in [0.717, 1.165) is 22.7 Å². The van der Waals surface area contributed by atoms with Crippen LogP contribution in [0.3, 0.4) is 0 Å². The third-order valence-corrected chi connectivity index (χ3v) is 4.87. The Labute approximate surface area is 114 Å². The van der Waals surface area contributed by atoms with Crippen molar-refractivity contribution in [3.8, 4) is 5.75 Å². The molecular weight excluding hydrogens is 332 g/mol. The van der Waals surface area contributed by atoms with Crippen molar-refractivity contribution >= 4 is 31.9 Å². The summed E-state index contributed by atoms with van der Waals surface area (Å²) in [5.74, 6) is 1.79. The summed E-state index contributed by atoms with van der Waals surface area (Å²) in [6.45, 7) is 2.75. The summed E-state index contributed by atoms with van der Waals surface area (Å²) < 4.78 is 6.80. The SMILES string of the molecule is CCOc1ccc(Br)cc1C(Br)C1CCC1. The van der Waals surface area contributed by atoms with Crippen molar-refractivity contribution in [3.63, 3.8) is 0 Å². The van der Waals surface area contributed by atoms with Gasteiger partial charge in [-0.15, -0.1) is 0 Å². The second kappa shape index (κ2) is 5.54. The Hall–Kier alpha value is -0.0200. The second-order valence-corrected chi connectivity index (χ2v) is 6.11. The molecule has 1 aliphatic rings. The van der Waals surface area contributed by atoms with Crippen LogP contribution in [0.25, 0.3) is 0 Å². The highest BCUT2D eigenvalue weighted by Gasteiger charge is 2.28. The van der Waals surface area contributed by atoms with Gasteiger partial charge < -0.3 is 4.74 Å². The Morgan fingerprint density at radius 2 is 2.19 bits per heavy atom. The van der Waals surface area contributed by atoms with Crippen LogP contribution < -0.4 is 4.74 Å². The highest BCUT2D eigenvalue weighted by molar-refractivity contribution is 9.10. The number of hydrogen-bond donors (Lipinski definition) is 0. The molecule has 16 heavy (non-hydrogen) atoms. The molecule has 1 aromatic rings. The van der Waals surface area contributed by atoms with Gasteiger partial charge in [-0.2, -0.15) is 0 Å². The van der Waals surface area contributed by atoms with E-state index in [1.165, 1.54) is 24.8 Å². The topological polar surface area (TPSA) is 9.23 Å². The number of alkyl halides is 1. The van der Waals surface area contributed by atoms with Crippen LogP contribution in [0.2, 0.25) is 0 Å². The lowest BCUT2D eigenvalue weighted by Gasteiger charge is -2.31. The summed E-state index contributed by atoms with van der Waals surface area (Å²) >= 11 is 7.35. The van der Waals surface area contributed by atoms with Crippen molar-refractivity contribution in [2.45, 2.75) is 31.0 Å². The molecule has 0 saturated heterocycles. The van der Waals surface area contributed by atoms with Gasteiger partial charge in [-0.3, -0.25) is 0 Å². The molecule has 0 bridgehead atoms. The monoisotopic (exact) mass is 346 g/mol. The van der Waals surface area contributed by atoms with Gasteiger partial charge in [0.05, 0.1) is 6.61 Å². The van der Waals surface area contributed by atoms with E-state index in [-0.39, 0.29) is 0 Å². The summed E-state index contributed by atoms with van der Waals surface area (Å²) in [6.07, 6.45) is 4.02. The Bertz CT molecular complexity index is 361. The zero-order valence-electron chi connectivity index (χ0n) is 9.38. The van der Waals surface area contributed by atoms with Gasteiger partial charge in [0.1, 0.15) is 5.75 Å². The lowest BCUT2D eigenvalue weighted by molar-refractivity contribution is 0.298. The van der Waals surface area contributed by atoms with Crippen LogP contribution in [0.1, 0.15) is 36.6 Å². The van der Waals surface area contributed by atoms with Gasteiger partial charge >= 0.3 is 0 Å². The summed E-state index contributed by atoms with van der Waals surface area (Å²) in [6, 6.07) is 6.26. The Morgan fingerprint density at radius 1 is 1.44 bits per heavy atom. The summed E-state index contributed by atoms with van der Waals surface area (Å²) in [5, 5.41) is 0. The van der Waals surface area contributed by atoms with E-state index in [2.05, 4.69) is 44.0 Å². The van der Waals surface area contributed by atoms with Crippen LogP contribution in [-0.2, 0) is 0 Å². The normalized spacial score (nSPS) is 17.9. The summed E-state index contributed by atoms with van der Waals surface area (Å²) in [7, 11) is 0. The van der Waals surface area contributed by atoms with Crippen LogP contribution in [0.15, 0.2) is 22.7 Å². The molecule has 2 rings (SSSR count). The van der Waals surface area contributed by atoms with Gasteiger partial charge in [0, 0.05) is 14.9 Å². The van der Waals surface area contributed by atoms with E-state index in [1.54, 1.807) is 0 Å². The molecule has 0 radical (unpaired) electrons. The van der Waals surface area contributed by atoms with Gasteiger partial charge in [-0.1, -0.05) is 38.3 Å². The van der Waals surface area contributed by atoms with E-state index in [9.17, 15) is 0 Å². The predicted octanol–water partition coefficient (Wildman–Crippen LogP) is 5.08. The summed E-state index contributed by atoms with van der Waals surface area (Å²) in [5.41, 5.74) is 1.28. The fraction of sp³-hybridized carbons (Fsp3) is 0.538. The molecule has 0 aliphatic heterocycles. The van der Waals surface area contributed by atoms with Crippen molar-refractivity contribution in [1.82, 2.24) is 0 Å². The maximum Gasteiger partial charge on any atom is 0.123 e. The van der Waals surface area contributed by atoms with E-state index in [0.29, 0.717) is 4.83 Å². The van der Waals surface area contributed by atoms with Gasteiger partial charge in [0.15, 0.2) is 0 Å². The van der Waals surface area contributed by atoms with Gasteiger partial charge in [-0.25, -0.2) is 0 Å². The maximum absolute atomic E-state index is 5.68. The summed E-state index contributed by atoms with van der Waals surface area (Å²) in [4.78, 5) is 0.431. The molecule has 1 aliphatic carbocycles. The number of halogens is 2. The maximum atomic E-state index is 5.68. The first-order chi connectivity index (χ1) is 7.72. The number of rotatable bonds is 4. The van der Waals surface area contributed by atoms with Gasteiger partial charge in [0.2, 0.25) is 0 Å². The first-order valence-electron chi connectivity index (χ1n) is 5.78. The van der Waals surface area contributed by atoms with Crippen LogP contribution in [0.5, 0.6) is 5.75 Å². The number of ether oxygens (including phenoxy) is 1. The average Bonchev–Trinajstić information content (AvgIpc) is 2.18. The largest absolute Gasteiger partial charge is 0.494 e. The van der Waals surface area contributed by atoms with Crippen molar-refractivity contribution in [3.05, 3.63) is 28.2 Å². The van der Waals surface area contributed by atoms with Crippen LogP contribution in [0, 0.1) is 5.92 Å². The minimum atomic E-state index is 0.431. The van der Waals surface area contributed by atoms with Crippen LogP contribution >= 0.6 is 31.9 Å². The van der Waals surface area contributed by atoms with Crippen molar-refractivity contribution in [2.24, 2.45) is 5.92 Å². The molecule has 1 nitrogen and oxygen atoms in total. The molecule has 0 heterocycles. The third kappa shape index (κ3) is 2.62. The predicted molar refractivity (Wildman–Crippen MR) is 74.3 cm³/mol. The quantitative estimate of drug-likeness (QED) is 0.690. The Morgan fingerprint density at radius 3 is 2.75 bits per heavy atom. The highest BCUT2D eigenvalue weighted by atomic mass is 79.9. The average molecular weight is 348 g/mol. The molecule has 0 amide bonds. The zero-order chi connectivity index (χ0) is 11.5. The Balaban J connectivity index is 2.24. The molecule has 0 aromatic heterocycles. The minimum Gasteiger partial charge on any atom is -0.494 e. The van der Waals surface area contributed by atoms with Crippen molar-refractivity contribution < 1.29 is 4.74 Å². The fourth-order valence-corrected chi connectivity index (χ4v) is 3.27. The van der Waals surface area contributed by atoms with E-state index in [1.807, 2.05) is 13.0 Å². The molecular formula is C13H16Br2O. The second-order valence-electron chi connectivity index (χ2n) is 4.21. The minimum absolute atomic E-state index is 0.431. The van der Waals surface area contributed by atoms with Crippen LogP contribution in [0.4, 0.5) is 0 Å². The zero-order valence-corrected chi connectivity index (χ0v) is 12.6.